The maximum atomic E-state index is 5.92. The fraction of sp³-hybridized carbons (Fsp3) is 0.267. The Hall–Kier alpha value is -2.27. The average Bonchev–Trinajstić information content (AvgIpc) is 2.94. The molecule has 0 radical (unpaired) electrons. The zero-order chi connectivity index (χ0) is 13.8. The Morgan fingerprint density at radius 1 is 1.25 bits per heavy atom. The highest BCUT2D eigenvalue weighted by molar-refractivity contribution is 5.48. The van der Waals surface area contributed by atoms with Crippen molar-refractivity contribution in [2.45, 2.75) is 13.5 Å². The molecule has 0 atom stereocenters. The molecule has 0 fully saturated rings. The summed E-state index contributed by atoms with van der Waals surface area (Å²) in [5.41, 5.74) is 1.02. The fourth-order valence-electron chi connectivity index (χ4n) is 1.97. The highest BCUT2D eigenvalue weighted by Crippen LogP contribution is 2.36. The van der Waals surface area contributed by atoms with E-state index in [1.165, 1.54) is 0 Å². The van der Waals surface area contributed by atoms with Crippen molar-refractivity contribution < 1.29 is 14.2 Å². The first-order valence-electron chi connectivity index (χ1n) is 6.58. The summed E-state index contributed by atoms with van der Waals surface area (Å²) >= 11 is 0. The van der Waals surface area contributed by atoms with E-state index < -0.39 is 0 Å². The monoisotopic (exact) mass is 272 g/mol. The molecule has 20 heavy (non-hydrogen) atoms. The number of hydrogen-bond acceptors (Lipinski definition) is 5. The van der Waals surface area contributed by atoms with Crippen LogP contribution in [0.3, 0.4) is 0 Å². The maximum absolute atomic E-state index is 5.92. The molecule has 0 unspecified atom stereocenters. The van der Waals surface area contributed by atoms with Crippen LogP contribution in [-0.4, -0.2) is 18.3 Å². The first-order valence-corrected chi connectivity index (χ1v) is 6.58. The van der Waals surface area contributed by atoms with Gasteiger partial charge in [0.1, 0.15) is 11.5 Å². The van der Waals surface area contributed by atoms with E-state index in [4.69, 9.17) is 14.2 Å². The third-order valence-corrected chi connectivity index (χ3v) is 3.00. The van der Waals surface area contributed by atoms with Gasteiger partial charge in [0.05, 0.1) is 0 Å². The van der Waals surface area contributed by atoms with Gasteiger partial charge < -0.3 is 19.5 Å². The van der Waals surface area contributed by atoms with Gasteiger partial charge in [-0.1, -0.05) is 6.92 Å². The van der Waals surface area contributed by atoms with E-state index in [-0.39, 0.29) is 6.79 Å². The van der Waals surface area contributed by atoms with Gasteiger partial charge in [-0.2, -0.15) is 0 Å². The summed E-state index contributed by atoms with van der Waals surface area (Å²) < 4.78 is 16.5. The topological polar surface area (TPSA) is 52.6 Å². The Balaban J connectivity index is 1.80. The number of benzene rings is 1. The molecular weight excluding hydrogens is 256 g/mol. The molecule has 1 aromatic heterocycles. The van der Waals surface area contributed by atoms with Crippen molar-refractivity contribution in [3.05, 3.63) is 42.2 Å². The van der Waals surface area contributed by atoms with Crippen LogP contribution in [0.2, 0.25) is 0 Å². The number of ether oxygens (including phenoxy) is 3. The molecule has 5 nitrogen and oxygen atoms in total. The van der Waals surface area contributed by atoms with Gasteiger partial charge in [0.25, 0.3) is 0 Å². The van der Waals surface area contributed by atoms with E-state index in [1.54, 1.807) is 6.20 Å². The summed E-state index contributed by atoms with van der Waals surface area (Å²) in [6.07, 6.45) is 3.53. The van der Waals surface area contributed by atoms with Crippen molar-refractivity contribution in [2.24, 2.45) is 0 Å². The van der Waals surface area contributed by atoms with E-state index in [1.807, 2.05) is 30.5 Å². The highest BCUT2D eigenvalue weighted by Gasteiger charge is 2.14. The smallest absolute Gasteiger partial charge is 0.231 e. The molecule has 0 saturated heterocycles. The van der Waals surface area contributed by atoms with E-state index in [0.717, 1.165) is 35.9 Å². The zero-order valence-electron chi connectivity index (χ0n) is 11.3. The number of nitrogens with one attached hydrogen (secondary N) is 1. The van der Waals surface area contributed by atoms with Crippen molar-refractivity contribution in [3.63, 3.8) is 0 Å². The molecule has 5 heteroatoms. The maximum Gasteiger partial charge on any atom is 0.231 e. The molecule has 1 aliphatic rings. The van der Waals surface area contributed by atoms with Crippen LogP contribution < -0.4 is 19.5 Å². The molecule has 104 valence electrons. The number of pyridine rings is 1. The van der Waals surface area contributed by atoms with Gasteiger partial charge >= 0.3 is 0 Å². The normalized spacial score (nSPS) is 12.4. The van der Waals surface area contributed by atoms with Crippen LogP contribution in [0.5, 0.6) is 23.0 Å². The predicted molar refractivity (Wildman–Crippen MR) is 74.3 cm³/mol. The second-order valence-corrected chi connectivity index (χ2v) is 4.38. The third kappa shape index (κ3) is 2.67. The van der Waals surface area contributed by atoms with E-state index >= 15 is 0 Å². The van der Waals surface area contributed by atoms with Crippen LogP contribution in [0.1, 0.15) is 12.5 Å². The molecule has 1 aromatic carbocycles. The first kappa shape index (κ1) is 12.7. The molecular formula is C15H16N2O3. The Bertz CT molecular complexity index is 601. The summed E-state index contributed by atoms with van der Waals surface area (Å²) in [5, 5.41) is 3.27. The molecule has 0 saturated carbocycles. The van der Waals surface area contributed by atoms with Gasteiger partial charge in [-0.15, -0.1) is 0 Å². The largest absolute Gasteiger partial charge is 0.457 e. The molecule has 1 aliphatic heterocycles. The number of fused-ring (bicyclic) bond motifs is 1. The summed E-state index contributed by atoms with van der Waals surface area (Å²) in [5.74, 6) is 2.97. The Labute approximate surface area is 117 Å². The summed E-state index contributed by atoms with van der Waals surface area (Å²) in [4.78, 5) is 4.13. The van der Waals surface area contributed by atoms with Crippen molar-refractivity contribution >= 4 is 0 Å². The highest BCUT2D eigenvalue weighted by atomic mass is 16.7. The lowest BCUT2D eigenvalue weighted by Gasteiger charge is -2.11. The van der Waals surface area contributed by atoms with Crippen molar-refractivity contribution in [1.82, 2.24) is 10.3 Å². The van der Waals surface area contributed by atoms with Crippen molar-refractivity contribution in [2.75, 3.05) is 13.3 Å². The van der Waals surface area contributed by atoms with Crippen LogP contribution >= 0.6 is 0 Å². The number of nitrogens with zero attached hydrogens (tertiary/aromatic N) is 1. The lowest BCUT2D eigenvalue weighted by Crippen LogP contribution is -2.12. The average molecular weight is 272 g/mol. The molecule has 0 spiro atoms. The molecule has 0 bridgehead atoms. The molecule has 0 amide bonds. The van der Waals surface area contributed by atoms with Crippen LogP contribution in [0.25, 0.3) is 0 Å². The minimum Gasteiger partial charge on any atom is -0.457 e. The third-order valence-electron chi connectivity index (χ3n) is 3.00. The van der Waals surface area contributed by atoms with Gasteiger partial charge in [-0.3, -0.25) is 4.98 Å². The number of aromatic nitrogens is 1. The van der Waals surface area contributed by atoms with Gasteiger partial charge in [0.2, 0.25) is 6.79 Å². The van der Waals surface area contributed by atoms with Crippen LogP contribution in [0, 0.1) is 0 Å². The van der Waals surface area contributed by atoms with Gasteiger partial charge in [0, 0.05) is 30.6 Å². The molecule has 2 heterocycles. The number of rotatable bonds is 5. The van der Waals surface area contributed by atoms with Crippen molar-refractivity contribution in [1.29, 1.82) is 0 Å². The van der Waals surface area contributed by atoms with Gasteiger partial charge in [-0.05, 0) is 24.7 Å². The van der Waals surface area contributed by atoms with Crippen LogP contribution in [-0.2, 0) is 6.54 Å². The van der Waals surface area contributed by atoms with E-state index in [0.29, 0.717) is 5.75 Å². The zero-order valence-corrected chi connectivity index (χ0v) is 11.3. The predicted octanol–water partition coefficient (Wildman–Crippen LogP) is 2.71. The second-order valence-electron chi connectivity index (χ2n) is 4.38. The number of hydrogen-bond donors (Lipinski definition) is 1. The quantitative estimate of drug-likeness (QED) is 0.907. The Morgan fingerprint density at radius 2 is 2.15 bits per heavy atom. The minimum atomic E-state index is 0.264. The first-order chi connectivity index (χ1) is 9.86. The van der Waals surface area contributed by atoms with Gasteiger partial charge in [0.15, 0.2) is 11.5 Å². The lowest BCUT2D eigenvalue weighted by molar-refractivity contribution is 0.174. The fourth-order valence-corrected chi connectivity index (χ4v) is 1.97. The minimum absolute atomic E-state index is 0.264. The van der Waals surface area contributed by atoms with E-state index in [2.05, 4.69) is 17.2 Å². The second kappa shape index (κ2) is 5.79. The van der Waals surface area contributed by atoms with Crippen LogP contribution in [0.15, 0.2) is 36.7 Å². The Morgan fingerprint density at radius 3 is 3.05 bits per heavy atom. The van der Waals surface area contributed by atoms with E-state index in [9.17, 15) is 0 Å². The lowest BCUT2D eigenvalue weighted by atomic mass is 10.2. The summed E-state index contributed by atoms with van der Waals surface area (Å²) in [6.45, 7) is 3.96. The standard InChI is InChI=1S/C15H16N2O3/c1-2-16-8-11-9-17-6-5-13(11)20-12-3-4-14-15(7-12)19-10-18-14/h3-7,9,16H,2,8,10H2,1H3. The van der Waals surface area contributed by atoms with Gasteiger partial charge in [-0.25, -0.2) is 0 Å². The molecule has 1 N–H and O–H groups in total. The van der Waals surface area contributed by atoms with Crippen LogP contribution in [0.4, 0.5) is 0 Å². The molecule has 2 aromatic rings. The SMILES string of the molecule is CCNCc1cnccc1Oc1ccc2c(c1)OCO2. The molecule has 0 aliphatic carbocycles. The summed E-state index contributed by atoms with van der Waals surface area (Å²) in [7, 11) is 0. The summed E-state index contributed by atoms with van der Waals surface area (Å²) in [6, 6.07) is 7.41. The Kier molecular flexibility index (Phi) is 3.69. The molecule has 3 rings (SSSR count). The van der Waals surface area contributed by atoms with Crippen molar-refractivity contribution in [3.8, 4) is 23.0 Å².